The van der Waals surface area contributed by atoms with Crippen molar-refractivity contribution in [3.05, 3.63) is 34.6 Å². The van der Waals surface area contributed by atoms with Gasteiger partial charge >= 0.3 is 0 Å². The first-order valence-electron chi connectivity index (χ1n) is 4.79. The van der Waals surface area contributed by atoms with Crippen LogP contribution in [0.4, 0.5) is 4.39 Å². The fraction of sp³-hybridized carbons (Fsp3) is 0.364. The Morgan fingerprint density at radius 2 is 2.27 bits per heavy atom. The van der Waals surface area contributed by atoms with E-state index in [1.165, 1.54) is 12.1 Å². The molecule has 1 unspecified atom stereocenters. The fourth-order valence-corrected chi connectivity index (χ4v) is 1.60. The van der Waals surface area contributed by atoms with Crippen LogP contribution in [0.1, 0.15) is 31.9 Å². The first-order chi connectivity index (χ1) is 7.04. The molecule has 15 heavy (non-hydrogen) atoms. The molecule has 1 aromatic carbocycles. The standard InChI is InChI=1S/C11H13ClFNO/c1-3-11(15)14-7(2)9-5-4-8(13)6-10(9)12/h4-7H,3H2,1-2H3,(H,14,15). The third kappa shape index (κ3) is 3.20. The number of hydrogen-bond acceptors (Lipinski definition) is 1. The van der Waals surface area contributed by atoms with Crippen LogP contribution in [-0.2, 0) is 4.79 Å². The van der Waals surface area contributed by atoms with Gasteiger partial charge in [-0.1, -0.05) is 24.6 Å². The van der Waals surface area contributed by atoms with Gasteiger partial charge in [0.25, 0.3) is 0 Å². The Bertz CT molecular complexity index is 368. The van der Waals surface area contributed by atoms with Gasteiger partial charge in [-0.25, -0.2) is 4.39 Å². The first kappa shape index (κ1) is 12.0. The van der Waals surface area contributed by atoms with Crippen LogP contribution >= 0.6 is 11.6 Å². The summed E-state index contributed by atoms with van der Waals surface area (Å²) in [4.78, 5) is 11.1. The van der Waals surface area contributed by atoms with E-state index in [1.54, 1.807) is 13.0 Å². The van der Waals surface area contributed by atoms with Gasteiger partial charge in [-0.05, 0) is 24.6 Å². The maximum absolute atomic E-state index is 12.8. The maximum Gasteiger partial charge on any atom is 0.220 e. The van der Waals surface area contributed by atoms with Gasteiger partial charge < -0.3 is 5.32 Å². The normalized spacial score (nSPS) is 12.3. The van der Waals surface area contributed by atoms with Crippen LogP contribution < -0.4 is 5.32 Å². The molecule has 0 aliphatic rings. The zero-order valence-electron chi connectivity index (χ0n) is 8.68. The second-order valence-electron chi connectivity index (χ2n) is 3.31. The van der Waals surface area contributed by atoms with Crippen molar-refractivity contribution in [1.82, 2.24) is 5.32 Å². The molecule has 0 aromatic heterocycles. The van der Waals surface area contributed by atoms with E-state index in [2.05, 4.69) is 5.32 Å². The summed E-state index contributed by atoms with van der Waals surface area (Å²) in [6.45, 7) is 3.58. The van der Waals surface area contributed by atoms with Crippen LogP contribution in [0.2, 0.25) is 5.02 Å². The number of nitrogens with one attached hydrogen (secondary N) is 1. The summed E-state index contributed by atoms with van der Waals surface area (Å²) in [6.07, 6.45) is 0.420. The molecule has 0 saturated heterocycles. The van der Waals surface area contributed by atoms with Crippen LogP contribution in [0.5, 0.6) is 0 Å². The highest BCUT2D eigenvalue weighted by atomic mass is 35.5. The van der Waals surface area contributed by atoms with E-state index in [0.29, 0.717) is 11.4 Å². The molecule has 0 heterocycles. The molecule has 0 spiro atoms. The van der Waals surface area contributed by atoms with E-state index in [9.17, 15) is 9.18 Å². The summed E-state index contributed by atoms with van der Waals surface area (Å²) in [7, 11) is 0. The SMILES string of the molecule is CCC(=O)NC(C)c1ccc(F)cc1Cl. The van der Waals surface area contributed by atoms with Crippen molar-refractivity contribution in [1.29, 1.82) is 0 Å². The Kier molecular flexibility index (Phi) is 4.09. The van der Waals surface area contributed by atoms with Crippen molar-refractivity contribution in [2.24, 2.45) is 0 Å². The summed E-state index contributed by atoms with van der Waals surface area (Å²) in [6, 6.07) is 3.95. The smallest absolute Gasteiger partial charge is 0.220 e. The minimum absolute atomic E-state index is 0.0529. The molecule has 0 bridgehead atoms. The van der Waals surface area contributed by atoms with Crippen molar-refractivity contribution >= 4 is 17.5 Å². The Morgan fingerprint density at radius 1 is 1.60 bits per heavy atom. The van der Waals surface area contributed by atoms with Crippen LogP contribution in [0.25, 0.3) is 0 Å². The second kappa shape index (κ2) is 5.12. The number of amides is 1. The van der Waals surface area contributed by atoms with Gasteiger partial charge in [0.2, 0.25) is 5.91 Å². The predicted octanol–water partition coefficient (Wildman–Crippen LogP) is 3.07. The number of hydrogen-bond donors (Lipinski definition) is 1. The summed E-state index contributed by atoms with van der Waals surface area (Å²) < 4.78 is 12.8. The molecule has 1 aromatic rings. The average molecular weight is 230 g/mol. The topological polar surface area (TPSA) is 29.1 Å². The van der Waals surface area contributed by atoms with E-state index in [1.807, 2.05) is 6.92 Å². The lowest BCUT2D eigenvalue weighted by Crippen LogP contribution is -2.25. The Hall–Kier alpha value is -1.09. The highest BCUT2D eigenvalue weighted by Gasteiger charge is 2.11. The molecule has 1 N–H and O–H groups in total. The zero-order chi connectivity index (χ0) is 11.4. The molecular weight excluding hydrogens is 217 g/mol. The minimum atomic E-state index is -0.377. The minimum Gasteiger partial charge on any atom is -0.350 e. The summed E-state index contributed by atoms with van der Waals surface area (Å²) in [5, 5.41) is 3.09. The van der Waals surface area contributed by atoms with Crippen LogP contribution in [0, 0.1) is 5.82 Å². The van der Waals surface area contributed by atoms with Crippen molar-refractivity contribution in [2.45, 2.75) is 26.3 Å². The highest BCUT2D eigenvalue weighted by molar-refractivity contribution is 6.31. The second-order valence-corrected chi connectivity index (χ2v) is 3.72. The van der Waals surface area contributed by atoms with Crippen molar-refractivity contribution in [3.8, 4) is 0 Å². The average Bonchev–Trinajstić information content (AvgIpc) is 2.17. The van der Waals surface area contributed by atoms with Crippen LogP contribution in [-0.4, -0.2) is 5.91 Å². The number of carbonyl (C=O) groups excluding carboxylic acids is 1. The Labute approximate surface area is 93.4 Å². The van der Waals surface area contributed by atoms with E-state index in [4.69, 9.17) is 11.6 Å². The van der Waals surface area contributed by atoms with Gasteiger partial charge in [0, 0.05) is 11.4 Å². The Morgan fingerprint density at radius 3 is 2.80 bits per heavy atom. The molecular formula is C11H13ClFNO. The molecule has 2 nitrogen and oxygen atoms in total. The molecule has 1 atom stereocenters. The monoisotopic (exact) mass is 229 g/mol. The zero-order valence-corrected chi connectivity index (χ0v) is 9.44. The van der Waals surface area contributed by atoms with Gasteiger partial charge in [-0.3, -0.25) is 4.79 Å². The first-order valence-corrected chi connectivity index (χ1v) is 5.16. The molecule has 1 rings (SSSR count). The lowest BCUT2D eigenvalue weighted by atomic mass is 10.1. The maximum atomic E-state index is 12.8. The molecule has 0 radical (unpaired) electrons. The van der Waals surface area contributed by atoms with Gasteiger partial charge in [0.15, 0.2) is 0 Å². The van der Waals surface area contributed by atoms with Gasteiger partial charge in [-0.15, -0.1) is 0 Å². The molecule has 0 aliphatic carbocycles. The molecule has 82 valence electrons. The summed E-state index contributed by atoms with van der Waals surface area (Å²) in [5.74, 6) is -0.430. The van der Waals surface area contributed by atoms with E-state index < -0.39 is 0 Å². The van der Waals surface area contributed by atoms with Crippen molar-refractivity contribution in [2.75, 3.05) is 0 Å². The quantitative estimate of drug-likeness (QED) is 0.848. The number of benzene rings is 1. The van der Waals surface area contributed by atoms with Crippen molar-refractivity contribution in [3.63, 3.8) is 0 Å². The largest absolute Gasteiger partial charge is 0.350 e. The van der Waals surface area contributed by atoms with E-state index in [-0.39, 0.29) is 17.8 Å². The van der Waals surface area contributed by atoms with Gasteiger partial charge in [0.1, 0.15) is 5.82 Å². The summed E-state index contributed by atoms with van der Waals surface area (Å²) >= 11 is 5.86. The fourth-order valence-electron chi connectivity index (χ4n) is 1.27. The third-order valence-electron chi connectivity index (χ3n) is 2.13. The van der Waals surface area contributed by atoms with Crippen LogP contribution in [0.3, 0.4) is 0 Å². The third-order valence-corrected chi connectivity index (χ3v) is 2.45. The molecule has 4 heteroatoms. The predicted molar refractivity (Wildman–Crippen MR) is 58.3 cm³/mol. The number of carbonyl (C=O) groups is 1. The molecule has 0 aliphatic heterocycles. The van der Waals surface area contributed by atoms with Crippen molar-refractivity contribution < 1.29 is 9.18 Å². The number of rotatable bonds is 3. The lowest BCUT2D eigenvalue weighted by molar-refractivity contribution is -0.121. The van der Waals surface area contributed by atoms with Gasteiger partial charge in [0.05, 0.1) is 6.04 Å². The number of halogens is 2. The molecule has 0 saturated carbocycles. The van der Waals surface area contributed by atoms with Crippen LogP contribution in [0.15, 0.2) is 18.2 Å². The highest BCUT2D eigenvalue weighted by Crippen LogP contribution is 2.23. The Balaban J connectivity index is 2.82. The lowest BCUT2D eigenvalue weighted by Gasteiger charge is -2.15. The van der Waals surface area contributed by atoms with Gasteiger partial charge in [-0.2, -0.15) is 0 Å². The van der Waals surface area contributed by atoms with E-state index >= 15 is 0 Å². The van der Waals surface area contributed by atoms with E-state index in [0.717, 1.165) is 5.56 Å². The summed E-state index contributed by atoms with van der Waals surface area (Å²) in [5.41, 5.74) is 0.722. The molecule has 0 fully saturated rings. The molecule has 1 amide bonds.